The van der Waals surface area contributed by atoms with Crippen LogP contribution < -0.4 is 21.7 Å². The van der Waals surface area contributed by atoms with Gasteiger partial charge in [-0.2, -0.15) is 0 Å². The number of phenols is 1. The minimum absolute atomic E-state index is 0.0344. The number of carbonyl (C=O) groups excluding carboxylic acids is 4. The number of phenolic OH excluding ortho intramolecular Hbond substituents is 1. The number of benzene rings is 2. The van der Waals surface area contributed by atoms with Crippen LogP contribution in [0.4, 0.5) is 9.18 Å². The number of hydrogen-bond acceptors (Lipinski definition) is 8. The van der Waals surface area contributed by atoms with E-state index in [1.807, 2.05) is 11.9 Å². The molecule has 1 saturated heterocycles. The summed E-state index contributed by atoms with van der Waals surface area (Å²) in [7, 11) is 1.85. The molecule has 6 N–H and O–H groups in total. The molecule has 2 aliphatic heterocycles. The second-order valence-corrected chi connectivity index (χ2v) is 9.64. The van der Waals surface area contributed by atoms with Gasteiger partial charge in [0.25, 0.3) is 17.7 Å². The zero-order valence-corrected chi connectivity index (χ0v) is 21.0. The van der Waals surface area contributed by atoms with Crippen molar-refractivity contribution >= 4 is 34.7 Å². The standard InChI is InChI=1S/C26H27FN6O6/c1-32(6-4-28)7-5-29-22(35)18-8-15-9-21(39-20(15)11-19(18)27)26(24(37)30-25(38)31-26)13-33-12-14-2-3-16(34)10-17(14)23(33)36/h2-3,8-11,34H,4-7,12-13,28H2,1H3,(H,29,35)(H2,30,31,37,38)/t26-/m0/s1. The van der Waals surface area contributed by atoms with Gasteiger partial charge in [-0.3, -0.25) is 19.7 Å². The number of carbonyl (C=O) groups is 4. The highest BCUT2D eigenvalue weighted by Gasteiger charge is 2.53. The smallest absolute Gasteiger partial charge is 0.322 e. The summed E-state index contributed by atoms with van der Waals surface area (Å²) in [4.78, 5) is 54.3. The molecule has 0 radical (unpaired) electrons. The largest absolute Gasteiger partial charge is 0.508 e. The van der Waals surface area contributed by atoms with Gasteiger partial charge in [0.1, 0.15) is 22.9 Å². The summed E-state index contributed by atoms with van der Waals surface area (Å²) in [6.07, 6.45) is 0. The van der Waals surface area contributed by atoms with E-state index in [0.717, 1.165) is 6.07 Å². The Labute approximate surface area is 221 Å². The molecule has 0 bridgehead atoms. The molecule has 0 spiro atoms. The molecule has 12 nitrogen and oxygen atoms in total. The molecule has 0 aliphatic carbocycles. The van der Waals surface area contributed by atoms with Gasteiger partial charge in [0.15, 0.2) is 5.54 Å². The second kappa shape index (κ2) is 10.0. The minimum atomic E-state index is -1.80. The van der Waals surface area contributed by atoms with E-state index in [9.17, 15) is 28.7 Å². The third-order valence-corrected chi connectivity index (χ3v) is 6.90. The summed E-state index contributed by atoms with van der Waals surface area (Å²) in [5.74, 6) is -2.75. The topological polar surface area (TPSA) is 170 Å². The van der Waals surface area contributed by atoms with Crippen LogP contribution >= 0.6 is 0 Å². The van der Waals surface area contributed by atoms with Crippen LogP contribution in [0.25, 0.3) is 11.0 Å². The molecule has 3 heterocycles. The van der Waals surface area contributed by atoms with Gasteiger partial charge in [0, 0.05) is 49.7 Å². The summed E-state index contributed by atoms with van der Waals surface area (Å²) in [6.45, 7) is 1.78. The third kappa shape index (κ3) is 4.77. The molecule has 13 heteroatoms. The molecule has 1 fully saturated rings. The van der Waals surface area contributed by atoms with Crippen LogP contribution in [0.2, 0.25) is 0 Å². The lowest BCUT2D eigenvalue weighted by Crippen LogP contribution is -2.52. The van der Waals surface area contributed by atoms with Crippen LogP contribution in [0, 0.1) is 5.82 Å². The molecule has 1 atom stereocenters. The van der Waals surface area contributed by atoms with Crippen molar-refractivity contribution in [1.29, 1.82) is 0 Å². The molecule has 5 amide bonds. The van der Waals surface area contributed by atoms with E-state index >= 15 is 0 Å². The van der Waals surface area contributed by atoms with Gasteiger partial charge >= 0.3 is 6.03 Å². The fraction of sp³-hybridized carbons (Fsp3) is 0.308. The van der Waals surface area contributed by atoms with Gasteiger partial charge in [-0.05, 0) is 36.9 Å². The maximum Gasteiger partial charge on any atom is 0.322 e. The molecule has 204 valence electrons. The fourth-order valence-corrected chi connectivity index (χ4v) is 4.85. The highest BCUT2D eigenvalue weighted by atomic mass is 19.1. The number of nitrogens with zero attached hydrogens (tertiary/aromatic N) is 2. The highest BCUT2D eigenvalue weighted by molar-refractivity contribution is 6.08. The van der Waals surface area contributed by atoms with Crippen molar-refractivity contribution in [3.8, 4) is 5.75 Å². The minimum Gasteiger partial charge on any atom is -0.508 e. The van der Waals surface area contributed by atoms with E-state index in [4.69, 9.17) is 10.2 Å². The van der Waals surface area contributed by atoms with Gasteiger partial charge in [-0.1, -0.05) is 6.07 Å². The number of urea groups is 1. The van der Waals surface area contributed by atoms with Crippen LogP contribution in [-0.2, 0) is 16.9 Å². The van der Waals surface area contributed by atoms with Crippen LogP contribution in [0.1, 0.15) is 32.0 Å². The maximum atomic E-state index is 14.9. The van der Waals surface area contributed by atoms with Gasteiger partial charge in [-0.15, -0.1) is 0 Å². The van der Waals surface area contributed by atoms with E-state index in [1.54, 1.807) is 6.07 Å². The predicted molar refractivity (Wildman–Crippen MR) is 136 cm³/mol. The zero-order chi connectivity index (χ0) is 27.9. The van der Waals surface area contributed by atoms with Crippen LogP contribution in [0.15, 0.2) is 40.8 Å². The SMILES string of the molecule is CN(CCN)CCNC(=O)c1cc2cc([C@]3(CN4Cc5ccc(O)cc5C4=O)NC(=O)NC3=O)oc2cc1F. The average Bonchev–Trinajstić information content (AvgIpc) is 3.52. The number of halogens is 1. The Balaban J connectivity index is 1.43. The number of furan rings is 1. The summed E-state index contributed by atoms with van der Waals surface area (Å²) >= 11 is 0. The Morgan fingerprint density at radius 1 is 1.23 bits per heavy atom. The van der Waals surface area contributed by atoms with Gasteiger partial charge in [0.05, 0.1) is 12.1 Å². The number of fused-ring (bicyclic) bond motifs is 2. The second-order valence-electron chi connectivity index (χ2n) is 9.64. The summed E-state index contributed by atoms with van der Waals surface area (Å²) in [6, 6.07) is 7.39. The molecular formula is C26H27FN6O6. The Kier molecular flexibility index (Phi) is 6.70. The lowest BCUT2D eigenvalue weighted by Gasteiger charge is -2.29. The first-order chi connectivity index (χ1) is 18.6. The van der Waals surface area contributed by atoms with Crippen molar-refractivity contribution < 1.29 is 33.1 Å². The lowest BCUT2D eigenvalue weighted by molar-refractivity contribution is -0.125. The molecule has 5 rings (SSSR count). The number of rotatable bonds is 9. The number of imide groups is 1. The van der Waals surface area contributed by atoms with Crippen molar-refractivity contribution in [2.45, 2.75) is 12.1 Å². The molecule has 1 aromatic heterocycles. The van der Waals surface area contributed by atoms with Gasteiger partial charge < -0.3 is 35.7 Å². The Hall–Kier alpha value is -4.49. The maximum absolute atomic E-state index is 14.9. The van der Waals surface area contributed by atoms with E-state index in [2.05, 4.69) is 16.0 Å². The van der Waals surface area contributed by atoms with Crippen LogP contribution in [0.3, 0.4) is 0 Å². The molecule has 0 saturated carbocycles. The Morgan fingerprint density at radius 3 is 2.74 bits per heavy atom. The van der Waals surface area contributed by atoms with Gasteiger partial charge in [-0.25, -0.2) is 9.18 Å². The average molecular weight is 539 g/mol. The van der Waals surface area contributed by atoms with E-state index in [-0.39, 0.29) is 47.9 Å². The fourth-order valence-electron chi connectivity index (χ4n) is 4.85. The number of amides is 5. The summed E-state index contributed by atoms with van der Waals surface area (Å²) in [5.41, 5.74) is 4.48. The summed E-state index contributed by atoms with van der Waals surface area (Å²) < 4.78 is 20.7. The summed E-state index contributed by atoms with van der Waals surface area (Å²) in [5, 5.41) is 17.5. The molecule has 2 aromatic carbocycles. The lowest BCUT2D eigenvalue weighted by atomic mass is 9.95. The molecular weight excluding hydrogens is 511 g/mol. The molecule has 2 aliphatic rings. The Bertz CT molecular complexity index is 1510. The molecule has 0 unspecified atom stereocenters. The van der Waals surface area contributed by atoms with E-state index in [1.165, 1.54) is 29.2 Å². The van der Waals surface area contributed by atoms with Crippen molar-refractivity contribution in [3.63, 3.8) is 0 Å². The first kappa shape index (κ1) is 26.1. The molecule has 3 aromatic rings. The zero-order valence-electron chi connectivity index (χ0n) is 21.0. The van der Waals surface area contributed by atoms with Crippen LogP contribution in [0.5, 0.6) is 5.75 Å². The monoisotopic (exact) mass is 538 g/mol. The highest BCUT2D eigenvalue weighted by Crippen LogP contribution is 2.35. The number of nitrogens with two attached hydrogens (primary N) is 1. The van der Waals surface area contributed by atoms with Crippen LogP contribution in [-0.4, -0.2) is 78.4 Å². The third-order valence-electron chi connectivity index (χ3n) is 6.90. The van der Waals surface area contributed by atoms with E-state index in [0.29, 0.717) is 30.6 Å². The van der Waals surface area contributed by atoms with E-state index < -0.39 is 35.1 Å². The van der Waals surface area contributed by atoms with Crippen molar-refractivity contribution in [1.82, 2.24) is 25.8 Å². The number of likely N-dealkylation sites (N-methyl/N-ethyl adjacent to an activating group) is 1. The van der Waals surface area contributed by atoms with Crippen molar-refractivity contribution in [3.05, 3.63) is 64.7 Å². The first-order valence-electron chi connectivity index (χ1n) is 12.3. The number of hydrogen-bond donors (Lipinski definition) is 5. The first-order valence-corrected chi connectivity index (χ1v) is 12.3. The quantitative estimate of drug-likeness (QED) is 0.247. The number of nitrogens with one attached hydrogen (secondary N) is 3. The Morgan fingerprint density at radius 2 is 2.03 bits per heavy atom. The van der Waals surface area contributed by atoms with Gasteiger partial charge in [0.2, 0.25) is 0 Å². The molecule has 39 heavy (non-hydrogen) atoms. The van der Waals surface area contributed by atoms with Crippen molar-refractivity contribution in [2.75, 3.05) is 39.8 Å². The predicted octanol–water partition coefficient (Wildman–Crippen LogP) is 0.589. The normalized spacial score (nSPS) is 18.6. The number of aromatic hydroxyl groups is 1. The van der Waals surface area contributed by atoms with Crippen molar-refractivity contribution in [2.24, 2.45) is 5.73 Å².